The fourth-order valence-corrected chi connectivity index (χ4v) is 1.54. The zero-order valence-corrected chi connectivity index (χ0v) is 9.47. The Bertz CT molecular complexity index is 392. The zero-order valence-electron chi connectivity index (χ0n) is 9.47. The lowest BCUT2D eigenvalue weighted by molar-refractivity contribution is -0.146. The number of nitrogens with two attached hydrogens (primary N) is 1. The zero-order chi connectivity index (χ0) is 13.8. The number of nitrogens with zero attached hydrogens (tertiary/aromatic N) is 1. The number of alkyl halides is 3. The third kappa shape index (κ3) is 4.97. The van der Waals surface area contributed by atoms with E-state index in [9.17, 15) is 22.0 Å². The van der Waals surface area contributed by atoms with Gasteiger partial charge in [-0.05, 0) is 6.07 Å². The second-order valence-electron chi connectivity index (χ2n) is 3.85. The van der Waals surface area contributed by atoms with Crippen molar-refractivity contribution in [3.8, 4) is 0 Å². The molecule has 1 aromatic carbocycles. The van der Waals surface area contributed by atoms with Gasteiger partial charge < -0.3 is 5.73 Å². The molecule has 1 aromatic rings. The number of halogens is 5. The van der Waals surface area contributed by atoms with Gasteiger partial charge in [-0.1, -0.05) is 6.07 Å². The van der Waals surface area contributed by atoms with Gasteiger partial charge in [-0.15, -0.1) is 0 Å². The first-order chi connectivity index (χ1) is 8.31. The molecule has 0 saturated heterocycles. The predicted octanol–water partition coefficient (Wildman–Crippen LogP) is 2.29. The molecule has 18 heavy (non-hydrogen) atoms. The van der Waals surface area contributed by atoms with E-state index in [-0.39, 0.29) is 25.2 Å². The van der Waals surface area contributed by atoms with E-state index in [4.69, 9.17) is 5.73 Å². The molecular formula is C11H13F5N2. The van der Waals surface area contributed by atoms with Crippen LogP contribution in [0.5, 0.6) is 0 Å². The SMILES string of the molecule is NCCN(Cc1ccc(F)cc1F)CC(F)(F)F. The minimum atomic E-state index is -4.38. The first-order valence-electron chi connectivity index (χ1n) is 5.25. The molecule has 0 aromatic heterocycles. The molecule has 0 spiro atoms. The Balaban J connectivity index is 2.76. The maximum atomic E-state index is 13.3. The average molecular weight is 268 g/mol. The Hall–Kier alpha value is -1.21. The molecule has 0 aliphatic rings. The van der Waals surface area contributed by atoms with Crippen molar-refractivity contribution in [3.05, 3.63) is 35.4 Å². The number of rotatable bonds is 5. The van der Waals surface area contributed by atoms with Crippen LogP contribution in [-0.2, 0) is 6.54 Å². The molecule has 2 N–H and O–H groups in total. The van der Waals surface area contributed by atoms with E-state index in [1.807, 2.05) is 0 Å². The van der Waals surface area contributed by atoms with Crippen molar-refractivity contribution in [1.82, 2.24) is 4.90 Å². The molecule has 0 bridgehead atoms. The Morgan fingerprint density at radius 2 is 1.83 bits per heavy atom. The third-order valence-corrected chi connectivity index (χ3v) is 2.26. The molecule has 0 fully saturated rings. The summed E-state index contributed by atoms with van der Waals surface area (Å²) in [7, 11) is 0. The van der Waals surface area contributed by atoms with Gasteiger partial charge in [0.2, 0.25) is 0 Å². The molecule has 0 aliphatic heterocycles. The van der Waals surface area contributed by atoms with E-state index in [2.05, 4.69) is 0 Å². The molecule has 0 heterocycles. The normalized spacial score (nSPS) is 12.2. The minimum absolute atomic E-state index is 0.00843. The molecule has 102 valence electrons. The largest absolute Gasteiger partial charge is 0.401 e. The summed E-state index contributed by atoms with van der Waals surface area (Å²) < 4.78 is 62.7. The Morgan fingerprint density at radius 3 is 2.33 bits per heavy atom. The average Bonchev–Trinajstić information content (AvgIpc) is 2.20. The summed E-state index contributed by atoms with van der Waals surface area (Å²) in [4.78, 5) is 0.969. The first kappa shape index (κ1) is 14.8. The second-order valence-corrected chi connectivity index (χ2v) is 3.85. The van der Waals surface area contributed by atoms with E-state index in [0.29, 0.717) is 6.07 Å². The molecular weight excluding hydrogens is 255 g/mol. The van der Waals surface area contributed by atoms with Crippen LogP contribution in [0.4, 0.5) is 22.0 Å². The van der Waals surface area contributed by atoms with Gasteiger partial charge in [-0.3, -0.25) is 4.90 Å². The monoisotopic (exact) mass is 268 g/mol. The van der Waals surface area contributed by atoms with Crippen LogP contribution in [0.3, 0.4) is 0 Å². The van der Waals surface area contributed by atoms with E-state index < -0.39 is 24.4 Å². The highest BCUT2D eigenvalue weighted by molar-refractivity contribution is 5.18. The van der Waals surface area contributed by atoms with E-state index in [0.717, 1.165) is 17.0 Å². The van der Waals surface area contributed by atoms with Crippen molar-refractivity contribution in [2.45, 2.75) is 12.7 Å². The number of hydrogen-bond acceptors (Lipinski definition) is 2. The smallest absolute Gasteiger partial charge is 0.329 e. The molecule has 0 amide bonds. The first-order valence-corrected chi connectivity index (χ1v) is 5.25. The van der Waals surface area contributed by atoms with Crippen molar-refractivity contribution in [2.75, 3.05) is 19.6 Å². The van der Waals surface area contributed by atoms with Gasteiger partial charge in [-0.25, -0.2) is 8.78 Å². The van der Waals surface area contributed by atoms with Gasteiger partial charge in [-0.2, -0.15) is 13.2 Å². The summed E-state index contributed by atoms with van der Waals surface area (Å²) >= 11 is 0. The summed E-state index contributed by atoms with van der Waals surface area (Å²) in [5.74, 6) is -1.63. The van der Waals surface area contributed by atoms with Crippen LogP contribution in [0, 0.1) is 11.6 Å². The van der Waals surface area contributed by atoms with Gasteiger partial charge in [0.25, 0.3) is 0 Å². The quantitative estimate of drug-likeness (QED) is 0.830. The van der Waals surface area contributed by atoms with Gasteiger partial charge in [0, 0.05) is 31.3 Å². The van der Waals surface area contributed by atoms with Gasteiger partial charge in [0.05, 0.1) is 6.54 Å². The van der Waals surface area contributed by atoms with Crippen LogP contribution in [0.2, 0.25) is 0 Å². The number of hydrogen-bond donors (Lipinski definition) is 1. The lowest BCUT2D eigenvalue weighted by Gasteiger charge is -2.23. The highest BCUT2D eigenvalue weighted by Crippen LogP contribution is 2.19. The fourth-order valence-electron chi connectivity index (χ4n) is 1.54. The molecule has 2 nitrogen and oxygen atoms in total. The van der Waals surface area contributed by atoms with E-state index in [1.54, 1.807) is 0 Å². The van der Waals surface area contributed by atoms with Crippen LogP contribution in [0.25, 0.3) is 0 Å². The summed E-state index contributed by atoms with van der Waals surface area (Å²) in [5, 5.41) is 0. The van der Waals surface area contributed by atoms with Crippen molar-refractivity contribution in [2.24, 2.45) is 5.73 Å². The lowest BCUT2D eigenvalue weighted by atomic mass is 10.2. The van der Waals surface area contributed by atoms with Gasteiger partial charge in [0.1, 0.15) is 11.6 Å². The molecule has 0 saturated carbocycles. The molecule has 0 unspecified atom stereocenters. The van der Waals surface area contributed by atoms with Crippen LogP contribution in [0.15, 0.2) is 18.2 Å². The van der Waals surface area contributed by atoms with Gasteiger partial charge >= 0.3 is 6.18 Å². The number of benzene rings is 1. The second kappa shape index (κ2) is 6.10. The lowest BCUT2D eigenvalue weighted by Crippen LogP contribution is -2.37. The molecule has 0 atom stereocenters. The highest BCUT2D eigenvalue weighted by Gasteiger charge is 2.30. The minimum Gasteiger partial charge on any atom is -0.329 e. The summed E-state index contributed by atoms with van der Waals surface area (Å²) in [6.07, 6.45) is -4.38. The molecule has 0 radical (unpaired) electrons. The van der Waals surface area contributed by atoms with Crippen molar-refractivity contribution in [3.63, 3.8) is 0 Å². The molecule has 0 aliphatic carbocycles. The standard InChI is InChI=1S/C11H13F5N2/c12-9-2-1-8(10(13)5-9)6-18(4-3-17)7-11(14,15)16/h1-2,5H,3-4,6-7,17H2. The van der Waals surface area contributed by atoms with Crippen molar-refractivity contribution >= 4 is 0 Å². The van der Waals surface area contributed by atoms with Crippen LogP contribution in [-0.4, -0.2) is 30.7 Å². The summed E-state index contributed by atoms with van der Waals surface area (Å²) in [5.41, 5.74) is 5.21. The Labute approximate surface area is 101 Å². The maximum Gasteiger partial charge on any atom is 0.401 e. The molecule has 1 rings (SSSR count). The topological polar surface area (TPSA) is 29.3 Å². The summed E-state index contributed by atoms with van der Waals surface area (Å²) in [6, 6.07) is 2.78. The van der Waals surface area contributed by atoms with Crippen molar-refractivity contribution < 1.29 is 22.0 Å². The fraction of sp³-hybridized carbons (Fsp3) is 0.455. The summed E-state index contributed by atoms with van der Waals surface area (Å²) in [6.45, 7) is -1.43. The third-order valence-electron chi connectivity index (χ3n) is 2.26. The van der Waals surface area contributed by atoms with Crippen LogP contribution < -0.4 is 5.73 Å². The van der Waals surface area contributed by atoms with Gasteiger partial charge in [0.15, 0.2) is 0 Å². The van der Waals surface area contributed by atoms with E-state index >= 15 is 0 Å². The Kier molecular flexibility index (Phi) is 5.03. The van der Waals surface area contributed by atoms with Crippen LogP contribution >= 0.6 is 0 Å². The predicted molar refractivity (Wildman–Crippen MR) is 56.7 cm³/mol. The van der Waals surface area contributed by atoms with Crippen LogP contribution in [0.1, 0.15) is 5.56 Å². The van der Waals surface area contributed by atoms with E-state index in [1.165, 1.54) is 0 Å². The highest BCUT2D eigenvalue weighted by atomic mass is 19.4. The maximum absolute atomic E-state index is 13.3. The Morgan fingerprint density at radius 1 is 1.17 bits per heavy atom. The molecule has 7 heteroatoms. The van der Waals surface area contributed by atoms with Crippen molar-refractivity contribution in [1.29, 1.82) is 0 Å².